The first-order chi connectivity index (χ1) is 8.58. The second kappa shape index (κ2) is 5.48. The lowest BCUT2D eigenvalue weighted by molar-refractivity contribution is -0.143. The van der Waals surface area contributed by atoms with Crippen molar-refractivity contribution in [3.05, 3.63) is 28.5 Å². The van der Waals surface area contributed by atoms with Crippen LogP contribution in [-0.2, 0) is 4.79 Å². The van der Waals surface area contributed by atoms with Crippen LogP contribution in [0.3, 0.4) is 0 Å². The minimum Gasteiger partial charge on any atom is -0.481 e. The molecule has 0 saturated carbocycles. The van der Waals surface area contributed by atoms with E-state index in [1.807, 2.05) is 0 Å². The quantitative estimate of drug-likeness (QED) is 0.845. The zero-order valence-electron chi connectivity index (χ0n) is 9.67. The smallest absolute Gasteiger partial charge is 0.308 e. The molecule has 96 valence electrons. The van der Waals surface area contributed by atoms with Gasteiger partial charge >= 0.3 is 5.97 Å². The summed E-state index contributed by atoms with van der Waals surface area (Å²) in [5, 5.41) is 8.99. The fourth-order valence-corrected chi connectivity index (χ4v) is 2.28. The number of hydrogen-bond acceptors (Lipinski definition) is 3. The molecule has 1 atom stereocenters. The first-order valence-corrected chi connectivity index (χ1v) is 6.51. The lowest BCUT2D eigenvalue weighted by Gasteiger charge is -2.30. The largest absolute Gasteiger partial charge is 0.481 e. The molecule has 0 bridgehead atoms. The highest BCUT2D eigenvalue weighted by atomic mass is 79.9. The third-order valence-electron chi connectivity index (χ3n) is 3.03. The van der Waals surface area contributed by atoms with E-state index in [0.29, 0.717) is 23.1 Å². The van der Waals surface area contributed by atoms with Gasteiger partial charge in [0.25, 0.3) is 5.91 Å². The lowest BCUT2D eigenvalue weighted by Crippen LogP contribution is -2.42. The first kappa shape index (κ1) is 13.0. The van der Waals surface area contributed by atoms with E-state index in [0.717, 1.165) is 6.42 Å². The van der Waals surface area contributed by atoms with Gasteiger partial charge in [-0.1, -0.05) is 0 Å². The Morgan fingerprint density at radius 2 is 2.22 bits per heavy atom. The Balaban J connectivity index is 2.09. The Morgan fingerprint density at radius 1 is 1.44 bits per heavy atom. The molecule has 5 nitrogen and oxygen atoms in total. The van der Waals surface area contributed by atoms with Crippen molar-refractivity contribution in [3.63, 3.8) is 0 Å². The zero-order chi connectivity index (χ0) is 13.1. The Kier molecular flexibility index (Phi) is 3.96. The number of rotatable bonds is 2. The summed E-state index contributed by atoms with van der Waals surface area (Å²) in [6, 6.07) is 3.38. The number of amides is 1. The van der Waals surface area contributed by atoms with Crippen LogP contribution in [0.2, 0.25) is 0 Å². The van der Waals surface area contributed by atoms with Gasteiger partial charge in [-0.25, -0.2) is 4.98 Å². The van der Waals surface area contributed by atoms with Gasteiger partial charge < -0.3 is 10.0 Å². The highest BCUT2D eigenvalue weighted by Gasteiger charge is 2.28. The van der Waals surface area contributed by atoms with E-state index >= 15 is 0 Å². The van der Waals surface area contributed by atoms with Gasteiger partial charge in [0.2, 0.25) is 0 Å². The summed E-state index contributed by atoms with van der Waals surface area (Å²) >= 11 is 3.21. The van der Waals surface area contributed by atoms with Crippen LogP contribution < -0.4 is 0 Å². The molecule has 0 unspecified atom stereocenters. The summed E-state index contributed by atoms with van der Waals surface area (Å²) in [4.78, 5) is 28.7. The normalized spacial score (nSPS) is 19.6. The summed E-state index contributed by atoms with van der Waals surface area (Å²) in [5.74, 6) is -1.44. The van der Waals surface area contributed by atoms with Crippen molar-refractivity contribution in [1.82, 2.24) is 9.88 Å². The highest BCUT2D eigenvalue weighted by Crippen LogP contribution is 2.19. The first-order valence-electron chi connectivity index (χ1n) is 5.71. The number of halogens is 1. The monoisotopic (exact) mass is 312 g/mol. The van der Waals surface area contributed by atoms with Crippen molar-refractivity contribution in [2.75, 3.05) is 13.1 Å². The van der Waals surface area contributed by atoms with Crippen molar-refractivity contribution in [2.45, 2.75) is 12.8 Å². The van der Waals surface area contributed by atoms with E-state index < -0.39 is 11.9 Å². The van der Waals surface area contributed by atoms with Gasteiger partial charge in [0.1, 0.15) is 4.60 Å². The van der Waals surface area contributed by atoms with Crippen molar-refractivity contribution < 1.29 is 14.7 Å². The summed E-state index contributed by atoms with van der Waals surface area (Å²) in [5.41, 5.74) is 0.490. The Morgan fingerprint density at radius 3 is 2.83 bits per heavy atom. The molecule has 1 aliphatic rings. The predicted molar refractivity (Wildman–Crippen MR) is 68.2 cm³/mol. The highest BCUT2D eigenvalue weighted by molar-refractivity contribution is 9.10. The predicted octanol–water partition coefficient (Wildman–Crippen LogP) is 1.78. The third-order valence-corrected chi connectivity index (χ3v) is 3.50. The van der Waals surface area contributed by atoms with Gasteiger partial charge in [-0.05, 0) is 40.9 Å². The maximum atomic E-state index is 12.2. The molecule has 1 aliphatic heterocycles. The number of carbonyl (C=O) groups is 2. The second-order valence-electron chi connectivity index (χ2n) is 4.30. The number of carbonyl (C=O) groups excluding carboxylic acids is 1. The molecule has 18 heavy (non-hydrogen) atoms. The molecule has 1 N–H and O–H groups in total. The number of piperidine rings is 1. The number of carboxylic acid groups (broad SMARTS) is 1. The maximum Gasteiger partial charge on any atom is 0.308 e. The average molecular weight is 313 g/mol. The van der Waals surface area contributed by atoms with Crippen LogP contribution in [0.25, 0.3) is 0 Å². The van der Waals surface area contributed by atoms with Crippen molar-refractivity contribution in [2.24, 2.45) is 5.92 Å². The number of carboxylic acids is 1. The fourth-order valence-electron chi connectivity index (χ4n) is 2.05. The van der Waals surface area contributed by atoms with E-state index in [1.54, 1.807) is 17.0 Å². The van der Waals surface area contributed by atoms with Crippen LogP contribution in [0.15, 0.2) is 22.9 Å². The molecule has 1 amide bonds. The number of nitrogens with zero attached hydrogens (tertiary/aromatic N) is 2. The molecule has 2 heterocycles. The zero-order valence-corrected chi connectivity index (χ0v) is 11.3. The summed E-state index contributed by atoms with van der Waals surface area (Å²) in [6.45, 7) is 0.892. The molecule has 1 saturated heterocycles. The molecule has 2 rings (SSSR count). The van der Waals surface area contributed by atoms with Crippen LogP contribution >= 0.6 is 15.9 Å². The van der Waals surface area contributed by atoms with Gasteiger partial charge in [-0.2, -0.15) is 0 Å². The number of aromatic nitrogens is 1. The summed E-state index contributed by atoms with van der Waals surface area (Å²) in [6.07, 6.45) is 2.86. The standard InChI is InChI=1S/C12H13BrN2O3/c13-10-4-3-8(6-14-10)11(16)15-5-1-2-9(7-15)12(17)18/h3-4,6,9H,1-2,5,7H2,(H,17,18)/t9-/m0/s1. The molecule has 6 heteroatoms. The molecule has 1 fully saturated rings. The van der Waals surface area contributed by atoms with Gasteiger partial charge in [-0.15, -0.1) is 0 Å². The number of pyridine rings is 1. The molecule has 0 spiro atoms. The molecule has 0 radical (unpaired) electrons. The van der Waals surface area contributed by atoms with Crippen LogP contribution in [0.1, 0.15) is 23.2 Å². The maximum absolute atomic E-state index is 12.2. The van der Waals surface area contributed by atoms with Crippen LogP contribution in [0.5, 0.6) is 0 Å². The van der Waals surface area contributed by atoms with Gasteiger partial charge in [-0.3, -0.25) is 9.59 Å². The number of hydrogen-bond donors (Lipinski definition) is 1. The van der Waals surface area contributed by atoms with Crippen molar-refractivity contribution in [3.8, 4) is 0 Å². The Bertz CT molecular complexity index is 461. The summed E-state index contributed by atoms with van der Waals surface area (Å²) < 4.78 is 0.668. The van der Waals surface area contributed by atoms with Gasteiger partial charge in [0.05, 0.1) is 11.5 Å². The minimum absolute atomic E-state index is 0.152. The Labute approximate surface area is 113 Å². The van der Waals surface area contributed by atoms with Crippen molar-refractivity contribution >= 4 is 27.8 Å². The van der Waals surface area contributed by atoms with E-state index in [1.165, 1.54) is 6.20 Å². The van der Waals surface area contributed by atoms with Gasteiger partial charge in [0.15, 0.2) is 0 Å². The molecular weight excluding hydrogens is 300 g/mol. The van der Waals surface area contributed by atoms with Crippen LogP contribution in [0, 0.1) is 5.92 Å². The average Bonchev–Trinajstić information content (AvgIpc) is 2.39. The SMILES string of the molecule is O=C(O)[C@H]1CCCN(C(=O)c2ccc(Br)nc2)C1. The van der Waals surface area contributed by atoms with E-state index in [4.69, 9.17) is 5.11 Å². The number of aliphatic carboxylic acids is 1. The Hall–Kier alpha value is -1.43. The van der Waals surface area contributed by atoms with Crippen LogP contribution in [0.4, 0.5) is 0 Å². The fraction of sp³-hybridized carbons (Fsp3) is 0.417. The third kappa shape index (κ3) is 2.87. The molecule has 1 aromatic heterocycles. The lowest BCUT2D eigenvalue weighted by atomic mass is 9.98. The molecule has 0 aromatic carbocycles. The molecular formula is C12H13BrN2O3. The van der Waals surface area contributed by atoms with E-state index in [-0.39, 0.29) is 12.5 Å². The summed E-state index contributed by atoms with van der Waals surface area (Å²) in [7, 11) is 0. The molecule has 1 aromatic rings. The van der Waals surface area contributed by atoms with E-state index in [9.17, 15) is 9.59 Å². The van der Waals surface area contributed by atoms with Crippen LogP contribution in [-0.4, -0.2) is 40.0 Å². The second-order valence-corrected chi connectivity index (χ2v) is 5.11. The number of likely N-dealkylation sites (tertiary alicyclic amines) is 1. The van der Waals surface area contributed by atoms with E-state index in [2.05, 4.69) is 20.9 Å². The van der Waals surface area contributed by atoms with Gasteiger partial charge in [0, 0.05) is 19.3 Å². The topological polar surface area (TPSA) is 70.5 Å². The molecule has 0 aliphatic carbocycles. The minimum atomic E-state index is -0.832. The van der Waals surface area contributed by atoms with Crippen molar-refractivity contribution in [1.29, 1.82) is 0 Å².